The lowest BCUT2D eigenvalue weighted by Crippen LogP contribution is -2.20. The lowest BCUT2D eigenvalue weighted by Gasteiger charge is -2.19. The summed E-state index contributed by atoms with van der Waals surface area (Å²) in [7, 11) is 0. The Morgan fingerprint density at radius 1 is 1.06 bits per heavy atom. The number of hydrogen-bond donors (Lipinski definition) is 3. The summed E-state index contributed by atoms with van der Waals surface area (Å²) in [5.41, 5.74) is 3.41. The standard InChI is InChI=1S/C28H29FN2O4/c1-4-6-7-19-15-20(24-17-21(29)10-13-23(24)27(32)33)16-25(26(19)35-14-5-2)31-28(34)30-22-11-8-18(3)9-12-22/h4,6,8-13,15-17H,5,7,14H2,1-3H3,(H,32,33)(H2,30,31,34)/b6-4+. The molecule has 182 valence electrons. The Bertz CT molecular complexity index is 1240. The number of carboxylic acid groups (broad SMARTS) is 1. The van der Waals surface area contributed by atoms with Crippen molar-refractivity contribution in [2.24, 2.45) is 0 Å². The third-order valence-corrected chi connectivity index (χ3v) is 5.27. The molecule has 0 aliphatic heterocycles. The minimum Gasteiger partial charge on any atom is -0.491 e. The number of aromatic carboxylic acids is 1. The van der Waals surface area contributed by atoms with Gasteiger partial charge in [0, 0.05) is 11.3 Å². The highest BCUT2D eigenvalue weighted by Crippen LogP contribution is 2.37. The second-order valence-corrected chi connectivity index (χ2v) is 8.07. The molecule has 0 bridgehead atoms. The topological polar surface area (TPSA) is 87.7 Å². The van der Waals surface area contributed by atoms with E-state index < -0.39 is 17.8 Å². The predicted octanol–water partition coefficient (Wildman–Crippen LogP) is 7.05. The summed E-state index contributed by atoms with van der Waals surface area (Å²) in [5, 5.41) is 15.3. The Labute approximate surface area is 204 Å². The number of urea groups is 1. The van der Waals surface area contributed by atoms with Crippen molar-refractivity contribution < 1.29 is 23.8 Å². The Morgan fingerprint density at radius 2 is 1.80 bits per heavy atom. The van der Waals surface area contributed by atoms with E-state index in [-0.39, 0.29) is 11.1 Å². The molecule has 0 saturated carbocycles. The van der Waals surface area contributed by atoms with Gasteiger partial charge in [-0.25, -0.2) is 14.0 Å². The smallest absolute Gasteiger partial charge is 0.336 e. The van der Waals surface area contributed by atoms with Crippen LogP contribution in [0.1, 0.15) is 41.8 Å². The number of anilines is 2. The maximum absolute atomic E-state index is 14.1. The van der Waals surface area contributed by atoms with Crippen LogP contribution in [-0.4, -0.2) is 23.7 Å². The summed E-state index contributed by atoms with van der Waals surface area (Å²) in [5.74, 6) is -1.24. The van der Waals surface area contributed by atoms with Crippen molar-refractivity contribution >= 4 is 23.4 Å². The van der Waals surface area contributed by atoms with Crippen molar-refractivity contribution in [1.82, 2.24) is 0 Å². The van der Waals surface area contributed by atoms with Gasteiger partial charge in [-0.3, -0.25) is 0 Å². The first kappa shape index (κ1) is 25.5. The molecule has 0 spiro atoms. The first-order valence-electron chi connectivity index (χ1n) is 11.4. The molecule has 6 nitrogen and oxygen atoms in total. The molecule has 3 N–H and O–H groups in total. The first-order chi connectivity index (χ1) is 16.8. The van der Waals surface area contributed by atoms with E-state index in [0.717, 1.165) is 23.6 Å². The van der Waals surface area contributed by atoms with E-state index in [0.29, 0.717) is 35.7 Å². The van der Waals surface area contributed by atoms with Crippen LogP contribution in [0.15, 0.2) is 66.7 Å². The number of allylic oxidation sites excluding steroid dienone is 2. The van der Waals surface area contributed by atoms with Crippen LogP contribution in [0.5, 0.6) is 5.75 Å². The van der Waals surface area contributed by atoms with Gasteiger partial charge in [0.1, 0.15) is 11.6 Å². The summed E-state index contributed by atoms with van der Waals surface area (Å²) in [4.78, 5) is 24.7. The van der Waals surface area contributed by atoms with Crippen LogP contribution >= 0.6 is 0 Å². The van der Waals surface area contributed by atoms with Gasteiger partial charge in [-0.2, -0.15) is 0 Å². The quantitative estimate of drug-likeness (QED) is 0.289. The second-order valence-electron chi connectivity index (χ2n) is 8.07. The zero-order chi connectivity index (χ0) is 25.4. The van der Waals surface area contributed by atoms with Crippen molar-refractivity contribution in [2.75, 3.05) is 17.2 Å². The Kier molecular flexibility index (Phi) is 8.62. The number of amides is 2. The van der Waals surface area contributed by atoms with Gasteiger partial charge in [0.2, 0.25) is 0 Å². The van der Waals surface area contributed by atoms with Crippen molar-refractivity contribution in [3.8, 4) is 16.9 Å². The predicted molar refractivity (Wildman–Crippen MR) is 137 cm³/mol. The molecule has 0 unspecified atom stereocenters. The average molecular weight is 477 g/mol. The number of carbonyl (C=O) groups is 2. The van der Waals surface area contributed by atoms with E-state index in [1.807, 2.05) is 45.1 Å². The molecule has 3 rings (SSSR count). The molecule has 0 aliphatic rings. The monoisotopic (exact) mass is 476 g/mol. The Morgan fingerprint density at radius 3 is 2.46 bits per heavy atom. The molecule has 35 heavy (non-hydrogen) atoms. The normalized spacial score (nSPS) is 10.9. The lowest BCUT2D eigenvalue weighted by atomic mass is 9.95. The van der Waals surface area contributed by atoms with Crippen LogP contribution in [0, 0.1) is 12.7 Å². The van der Waals surface area contributed by atoms with E-state index in [1.54, 1.807) is 24.3 Å². The van der Waals surface area contributed by atoms with Gasteiger partial charge in [0.15, 0.2) is 0 Å². The van der Waals surface area contributed by atoms with Gasteiger partial charge in [0.05, 0.1) is 17.9 Å². The Hall–Kier alpha value is -4.13. The Balaban J connectivity index is 2.10. The highest BCUT2D eigenvalue weighted by atomic mass is 19.1. The highest BCUT2D eigenvalue weighted by Gasteiger charge is 2.19. The van der Waals surface area contributed by atoms with Crippen LogP contribution in [0.3, 0.4) is 0 Å². The van der Waals surface area contributed by atoms with Gasteiger partial charge in [-0.05, 0) is 80.3 Å². The molecule has 3 aromatic carbocycles. The van der Waals surface area contributed by atoms with Crippen LogP contribution in [-0.2, 0) is 6.42 Å². The molecule has 0 aromatic heterocycles. The molecule has 7 heteroatoms. The maximum atomic E-state index is 14.1. The zero-order valence-corrected chi connectivity index (χ0v) is 20.0. The number of nitrogens with one attached hydrogen (secondary N) is 2. The fourth-order valence-corrected chi connectivity index (χ4v) is 3.57. The summed E-state index contributed by atoms with van der Waals surface area (Å²) < 4.78 is 20.1. The van der Waals surface area contributed by atoms with Gasteiger partial charge in [0.25, 0.3) is 0 Å². The lowest BCUT2D eigenvalue weighted by molar-refractivity contribution is 0.0697. The van der Waals surface area contributed by atoms with E-state index in [2.05, 4.69) is 10.6 Å². The summed E-state index contributed by atoms with van der Waals surface area (Å²) in [6.07, 6.45) is 5.05. The third-order valence-electron chi connectivity index (χ3n) is 5.27. The number of hydrogen-bond acceptors (Lipinski definition) is 3. The van der Waals surface area contributed by atoms with Gasteiger partial charge in [-0.1, -0.05) is 36.8 Å². The molecule has 0 heterocycles. The number of benzene rings is 3. The number of carboxylic acids is 1. The SMILES string of the molecule is C/C=C/Cc1cc(-c2cc(F)ccc2C(=O)O)cc(NC(=O)Nc2ccc(C)cc2)c1OCCC. The largest absolute Gasteiger partial charge is 0.491 e. The number of halogens is 1. The van der Waals surface area contributed by atoms with Gasteiger partial charge >= 0.3 is 12.0 Å². The van der Waals surface area contributed by atoms with Crippen LogP contribution < -0.4 is 15.4 Å². The van der Waals surface area contributed by atoms with E-state index in [9.17, 15) is 19.1 Å². The zero-order valence-electron chi connectivity index (χ0n) is 20.0. The third kappa shape index (κ3) is 6.69. The van der Waals surface area contributed by atoms with Crippen LogP contribution in [0.4, 0.5) is 20.6 Å². The van der Waals surface area contributed by atoms with Gasteiger partial charge in [-0.15, -0.1) is 0 Å². The van der Waals surface area contributed by atoms with Crippen molar-refractivity contribution in [1.29, 1.82) is 0 Å². The summed E-state index contributed by atoms with van der Waals surface area (Å²) >= 11 is 0. The van der Waals surface area contributed by atoms with Crippen molar-refractivity contribution in [3.63, 3.8) is 0 Å². The number of carbonyl (C=O) groups excluding carboxylic acids is 1. The number of ether oxygens (including phenoxy) is 1. The molecule has 0 aliphatic carbocycles. The average Bonchev–Trinajstić information content (AvgIpc) is 2.83. The molecular weight excluding hydrogens is 447 g/mol. The van der Waals surface area contributed by atoms with E-state index >= 15 is 0 Å². The molecule has 0 radical (unpaired) electrons. The van der Waals surface area contributed by atoms with E-state index in [4.69, 9.17) is 4.74 Å². The number of rotatable bonds is 9. The summed E-state index contributed by atoms with van der Waals surface area (Å²) in [6, 6.07) is 13.8. The minimum absolute atomic E-state index is 0.0410. The molecule has 0 fully saturated rings. The minimum atomic E-state index is -1.17. The maximum Gasteiger partial charge on any atom is 0.336 e. The molecule has 0 atom stereocenters. The molecule has 0 saturated heterocycles. The van der Waals surface area contributed by atoms with Crippen molar-refractivity contribution in [2.45, 2.75) is 33.6 Å². The van der Waals surface area contributed by atoms with Crippen LogP contribution in [0.25, 0.3) is 11.1 Å². The summed E-state index contributed by atoms with van der Waals surface area (Å²) in [6.45, 7) is 6.25. The van der Waals surface area contributed by atoms with Gasteiger partial charge < -0.3 is 20.5 Å². The fourth-order valence-electron chi connectivity index (χ4n) is 3.57. The van der Waals surface area contributed by atoms with E-state index in [1.165, 1.54) is 12.1 Å². The highest BCUT2D eigenvalue weighted by molar-refractivity contribution is 6.02. The molecular formula is C28H29FN2O4. The number of aryl methyl sites for hydroxylation is 1. The molecule has 3 aromatic rings. The van der Waals surface area contributed by atoms with Crippen molar-refractivity contribution in [3.05, 3.63) is 89.3 Å². The second kappa shape index (κ2) is 11.8. The first-order valence-corrected chi connectivity index (χ1v) is 11.4. The molecule has 2 amide bonds. The van der Waals surface area contributed by atoms with Crippen LogP contribution in [0.2, 0.25) is 0 Å². The fraction of sp³-hybridized carbons (Fsp3) is 0.214.